The summed E-state index contributed by atoms with van der Waals surface area (Å²) in [4.78, 5) is 12.4. The van der Waals surface area contributed by atoms with Crippen molar-refractivity contribution < 1.29 is 21.9 Å². The van der Waals surface area contributed by atoms with Crippen LogP contribution in [-0.2, 0) is 17.1 Å². The Kier molecular flexibility index (Phi) is 8.09. The van der Waals surface area contributed by atoms with Gasteiger partial charge in [0.2, 0.25) is 0 Å². The van der Waals surface area contributed by atoms with E-state index >= 15 is 0 Å². The van der Waals surface area contributed by atoms with Gasteiger partial charge < -0.3 is 35.6 Å². The van der Waals surface area contributed by atoms with Gasteiger partial charge in [-0.25, -0.2) is 0 Å². The SMILES string of the molecule is O=C(Nc1ccccc1-[c-]1cccc1)c1ccccc1Cl.[Fe].[cH-]1[cH-][cH-][cH-][cH-]1. The predicted octanol–water partition coefficient (Wildman–Crippen LogP) is 6.38. The normalized spacial score (nSPS) is 9.52. The molecule has 0 aromatic heterocycles. The zero-order valence-electron chi connectivity index (χ0n) is 14.5. The molecule has 1 N–H and O–H groups in total. The number of hydrogen-bond donors (Lipinski definition) is 1. The fourth-order valence-electron chi connectivity index (χ4n) is 2.55. The summed E-state index contributed by atoms with van der Waals surface area (Å²) in [6.07, 6.45) is 0. The van der Waals surface area contributed by atoms with Crippen LogP contribution in [0.1, 0.15) is 10.4 Å². The van der Waals surface area contributed by atoms with Gasteiger partial charge in [0.05, 0.1) is 10.6 Å². The second-order valence-corrected chi connectivity index (χ2v) is 6.02. The zero-order valence-corrected chi connectivity index (χ0v) is 16.3. The van der Waals surface area contributed by atoms with Crippen LogP contribution >= 0.6 is 11.6 Å². The predicted molar refractivity (Wildman–Crippen MR) is 109 cm³/mol. The van der Waals surface area contributed by atoms with Crippen LogP contribution in [0.3, 0.4) is 0 Å². The molecular formula is C23H18ClFeNO-6. The molecule has 0 aliphatic rings. The second-order valence-electron chi connectivity index (χ2n) is 5.62. The zero-order chi connectivity index (χ0) is 18.2. The number of carbonyl (C=O) groups is 1. The minimum absolute atomic E-state index is 0. The Morgan fingerprint density at radius 3 is 2.00 bits per heavy atom. The van der Waals surface area contributed by atoms with E-state index in [1.807, 2.05) is 78.9 Å². The Morgan fingerprint density at radius 2 is 1.37 bits per heavy atom. The molecule has 27 heavy (non-hydrogen) atoms. The van der Waals surface area contributed by atoms with Crippen molar-refractivity contribution in [2.75, 3.05) is 5.32 Å². The van der Waals surface area contributed by atoms with E-state index in [1.165, 1.54) is 0 Å². The molecule has 4 heteroatoms. The number of carbonyl (C=O) groups excluding carboxylic acids is 1. The molecule has 0 saturated carbocycles. The van der Waals surface area contributed by atoms with Gasteiger partial charge in [0.25, 0.3) is 5.91 Å². The van der Waals surface area contributed by atoms with Crippen molar-refractivity contribution in [3.63, 3.8) is 0 Å². The minimum atomic E-state index is -0.209. The summed E-state index contributed by atoms with van der Waals surface area (Å²) in [6, 6.07) is 32.7. The first-order valence-electron chi connectivity index (χ1n) is 8.29. The van der Waals surface area contributed by atoms with Gasteiger partial charge in [-0.3, -0.25) is 4.79 Å². The van der Waals surface area contributed by atoms with Gasteiger partial charge in [-0.2, -0.15) is 12.1 Å². The van der Waals surface area contributed by atoms with E-state index < -0.39 is 0 Å². The van der Waals surface area contributed by atoms with E-state index in [4.69, 9.17) is 11.6 Å². The van der Waals surface area contributed by atoms with E-state index in [2.05, 4.69) is 5.32 Å². The molecule has 2 nitrogen and oxygen atoms in total. The van der Waals surface area contributed by atoms with E-state index in [9.17, 15) is 4.79 Å². The molecule has 0 aliphatic heterocycles. The Hall–Kier alpha value is -2.58. The van der Waals surface area contributed by atoms with Crippen LogP contribution in [0.4, 0.5) is 5.69 Å². The molecule has 0 radical (unpaired) electrons. The monoisotopic (exact) mass is 415 g/mol. The fraction of sp³-hybridized carbons (Fsp3) is 0. The van der Waals surface area contributed by atoms with Gasteiger partial charge in [-0.15, -0.1) is 18.2 Å². The molecule has 142 valence electrons. The smallest absolute Gasteiger partial charge is 0.250 e. The second kappa shape index (κ2) is 10.5. The van der Waals surface area contributed by atoms with Crippen LogP contribution < -0.4 is 5.32 Å². The molecule has 0 fully saturated rings. The number of para-hydroxylation sites is 1. The quantitative estimate of drug-likeness (QED) is 0.305. The number of halogens is 1. The van der Waals surface area contributed by atoms with E-state index in [-0.39, 0.29) is 23.0 Å². The molecule has 4 aromatic rings. The molecule has 4 aromatic carbocycles. The summed E-state index contributed by atoms with van der Waals surface area (Å²) in [5.41, 5.74) is 3.30. The molecule has 0 heterocycles. The van der Waals surface area contributed by atoms with Crippen molar-refractivity contribution in [1.29, 1.82) is 0 Å². The maximum atomic E-state index is 12.4. The first-order valence-corrected chi connectivity index (χ1v) is 8.67. The standard InChI is InChI=1S/C18H13ClNO.C5H5.Fe/c19-16-11-5-3-10-15(16)18(21)20-17-12-6-4-9-14(17)13-7-1-2-8-13;1-2-4-5-3-1;/h1-12H,(H,20,21);1-5H;/q-1;-5;. The van der Waals surface area contributed by atoms with Crippen LogP contribution in [0.5, 0.6) is 0 Å². The summed E-state index contributed by atoms with van der Waals surface area (Å²) in [7, 11) is 0. The van der Waals surface area contributed by atoms with Crippen LogP contribution in [-0.4, -0.2) is 5.91 Å². The van der Waals surface area contributed by atoms with Crippen molar-refractivity contribution in [3.8, 4) is 11.1 Å². The van der Waals surface area contributed by atoms with Gasteiger partial charge in [0.15, 0.2) is 0 Å². The molecule has 0 saturated heterocycles. The van der Waals surface area contributed by atoms with E-state index in [1.54, 1.807) is 24.3 Å². The average molecular weight is 416 g/mol. The summed E-state index contributed by atoms with van der Waals surface area (Å²) >= 11 is 6.06. The fourth-order valence-corrected chi connectivity index (χ4v) is 2.77. The Balaban J connectivity index is 0.000000379. The number of hydrogen-bond acceptors (Lipinski definition) is 1. The van der Waals surface area contributed by atoms with Crippen LogP contribution in [0.2, 0.25) is 5.02 Å². The van der Waals surface area contributed by atoms with Gasteiger partial charge in [0.1, 0.15) is 0 Å². The summed E-state index contributed by atoms with van der Waals surface area (Å²) in [6.45, 7) is 0. The number of rotatable bonds is 3. The van der Waals surface area contributed by atoms with E-state index in [0.717, 1.165) is 16.8 Å². The van der Waals surface area contributed by atoms with Crippen LogP contribution in [0.15, 0.2) is 103 Å². The molecule has 0 unspecified atom stereocenters. The largest absolute Gasteiger partial charge is 0.748 e. The third kappa shape index (κ3) is 5.70. The van der Waals surface area contributed by atoms with Crippen LogP contribution in [0, 0.1) is 0 Å². The van der Waals surface area contributed by atoms with Crippen molar-refractivity contribution in [2.24, 2.45) is 0 Å². The van der Waals surface area contributed by atoms with Gasteiger partial charge in [0, 0.05) is 17.1 Å². The van der Waals surface area contributed by atoms with Crippen molar-refractivity contribution in [1.82, 2.24) is 0 Å². The van der Waals surface area contributed by atoms with Gasteiger partial charge in [-0.1, -0.05) is 53.1 Å². The molecule has 4 rings (SSSR count). The van der Waals surface area contributed by atoms with Crippen molar-refractivity contribution in [2.45, 2.75) is 0 Å². The molecule has 0 spiro atoms. The van der Waals surface area contributed by atoms with Gasteiger partial charge in [-0.05, 0) is 17.8 Å². The van der Waals surface area contributed by atoms with E-state index in [0.29, 0.717) is 10.6 Å². The Bertz CT molecular complexity index is 929. The topological polar surface area (TPSA) is 29.1 Å². The van der Waals surface area contributed by atoms with Crippen molar-refractivity contribution in [3.05, 3.63) is 114 Å². The van der Waals surface area contributed by atoms with Crippen LogP contribution in [0.25, 0.3) is 11.1 Å². The molecule has 0 bridgehead atoms. The number of nitrogens with one attached hydrogen (secondary N) is 1. The third-order valence-electron chi connectivity index (χ3n) is 3.82. The Labute approximate surface area is 175 Å². The molecule has 0 atom stereocenters. The molecular weight excluding hydrogens is 398 g/mol. The Morgan fingerprint density at radius 1 is 0.815 bits per heavy atom. The molecule has 0 aliphatic carbocycles. The first kappa shape index (κ1) is 20.7. The van der Waals surface area contributed by atoms with Gasteiger partial charge >= 0.3 is 0 Å². The summed E-state index contributed by atoms with van der Waals surface area (Å²) in [5, 5.41) is 3.38. The first-order chi connectivity index (χ1) is 12.8. The minimum Gasteiger partial charge on any atom is -0.748 e. The summed E-state index contributed by atoms with van der Waals surface area (Å²) in [5.74, 6) is -0.209. The average Bonchev–Trinajstić information content (AvgIpc) is 3.39. The summed E-state index contributed by atoms with van der Waals surface area (Å²) < 4.78 is 0. The number of benzene rings is 2. The number of amides is 1. The third-order valence-corrected chi connectivity index (χ3v) is 4.15. The van der Waals surface area contributed by atoms with Crippen molar-refractivity contribution >= 4 is 23.2 Å². The maximum Gasteiger partial charge on any atom is 0.250 e. The maximum absolute atomic E-state index is 12.4. The number of anilines is 1. The molecule has 1 amide bonds.